The molecule has 1 heterocycles. The zero-order chi connectivity index (χ0) is 21.2. The van der Waals surface area contributed by atoms with Crippen LogP contribution in [0.15, 0.2) is 0 Å². The van der Waals surface area contributed by atoms with Gasteiger partial charge in [-0.25, -0.2) is 12.8 Å². The maximum Gasteiger partial charge on any atom is 0.154 e. The van der Waals surface area contributed by atoms with Crippen LogP contribution in [0.2, 0.25) is 0 Å². The van der Waals surface area contributed by atoms with Gasteiger partial charge >= 0.3 is 0 Å². The van der Waals surface area contributed by atoms with Gasteiger partial charge in [0.25, 0.3) is 0 Å². The molecule has 6 heteroatoms. The molecule has 5 unspecified atom stereocenters. The third kappa shape index (κ3) is 4.69. The number of ether oxygens (including phenoxy) is 1. The molecule has 8 atom stereocenters. The molecule has 4 nitrogen and oxygen atoms in total. The Balaban J connectivity index is 2.05. The van der Waals surface area contributed by atoms with Crippen molar-refractivity contribution in [1.29, 1.82) is 0 Å². The first kappa shape index (κ1) is 23.5. The lowest BCUT2D eigenvalue weighted by atomic mass is 9.60. The fraction of sp³-hybridized carbons (Fsp3) is 1.00. The Morgan fingerprint density at radius 2 is 1.90 bits per heavy atom. The average Bonchev–Trinajstić information content (AvgIpc) is 2.77. The van der Waals surface area contributed by atoms with E-state index in [1.54, 1.807) is 7.11 Å². The maximum absolute atomic E-state index is 14.4. The van der Waals surface area contributed by atoms with Gasteiger partial charge in [-0.15, -0.1) is 0 Å². The number of hydrogen-bond donors (Lipinski definition) is 1. The van der Waals surface area contributed by atoms with E-state index in [2.05, 4.69) is 6.92 Å². The molecule has 3 aliphatic rings. The van der Waals surface area contributed by atoms with Crippen molar-refractivity contribution in [3.8, 4) is 0 Å². The molecule has 0 radical (unpaired) electrons. The SMILES string of the molecule is CCCC[C@]1(CC)CS(=O)(=O)C2CCC(OC)CC2[C@@H](C2CCCC(F)C2)[C@H]1O. The topological polar surface area (TPSA) is 63.6 Å². The fourth-order valence-corrected chi connectivity index (χ4v) is 9.65. The first-order chi connectivity index (χ1) is 13.8. The Bertz CT molecular complexity index is 639. The molecular formula is C23H41FO4S. The van der Waals surface area contributed by atoms with E-state index in [9.17, 15) is 17.9 Å². The van der Waals surface area contributed by atoms with E-state index in [0.717, 1.165) is 38.5 Å². The number of unbranched alkanes of at least 4 members (excludes halogenated alkanes) is 1. The second-order valence-corrected chi connectivity index (χ2v) is 12.3. The summed E-state index contributed by atoms with van der Waals surface area (Å²) >= 11 is 0. The lowest BCUT2D eigenvalue weighted by Crippen LogP contribution is -2.49. The zero-order valence-electron chi connectivity index (χ0n) is 18.5. The van der Waals surface area contributed by atoms with Crippen LogP contribution in [0.25, 0.3) is 0 Å². The monoisotopic (exact) mass is 432 g/mol. The van der Waals surface area contributed by atoms with E-state index in [4.69, 9.17) is 4.74 Å². The summed E-state index contributed by atoms with van der Waals surface area (Å²) in [4.78, 5) is 0. The fourth-order valence-electron chi connectivity index (χ4n) is 6.80. The van der Waals surface area contributed by atoms with Gasteiger partial charge in [-0.2, -0.15) is 0 Å². The molecule has 2 aliphatic carbocycles. The molecule has 170 valence electrons. The van der Waals surface area contributed by atoms with Crippen LogP contribution in [0, 0.1) is 23.2 Å². The number of halogens is 1. The van der Waals surface area contributed by atoms with Crippen molar-refractivity contribution >= 4 is 9.84 Å². The van der Waals surface area contributed by atoms with Gasteiger partial charge in [0.2, 0.25) is 0 Å². The summed E-state index contributed by atoms with van der Waals surface area (Å²) in [5.74, 6) is -0.124. The predicted molar refractivity (Wildman–Crippen MR) is 114 cm³/mol. The van der Waals surface area contributed by atoms with Gasteiger partial charge in [-0.1, -0.05) is 33.1 Å². The number of rotatable bonds is 6. The van der Waals surface area contributed by atoms with E-state index >= 15 is 0 Å². The van der Waals surface area contributed by atoms with Crippen molar-refractivity contribution < 1.29 is 22.7 Å². The van der Waals surface area contributed by atoms with Crippen LogP contribution in [0.4, 0.5) is 4.39 Å². The Morgan fingerprint density at radius 3 is 2.52 bits per heavy atom. The van der Waals surface area contributed by atoms with Crippen LogP contribution < -0.4 is 0 Å². The van der Waals surface area contributed by atoms with Crippen LogP contribution in [-0.2, 0) is 14.6 Å². The first-order valence-electron chi connectivity index (χ1n) is 11.8. The summed E-state index contributed by atoms with van der Waals surface area (Å²) in [6, 6.07) is 0. The Kier molecular flexibility index (Phi) is 7.70. The highest BCUT2D eigenvalue weighted by molar-refractivity contribution is 7.92. The zero-order valence-corrected chi connectivity index (χ0v) is 19.3. The van der Waals surface area contributed by atoms with Gasteiger partial charge in [0.05, 0.1) is 23.2 Å². The summed E-state index contributed by atoms with van der Waals surface area (Å²) in [6.07, 6.45) is 6.64. The predicted octanol–water partition coefficient (Wildman–Crippen LogP) is 4.69. The smallest absolute Gasteiger partial charge is 0.154 e. The number of hydrogen-bond acceptors (Lipinski definition) is 4. The van der Waals surface area contributed by atoms with Crippen LogP contribution >= 0.6 is 0 Å². The van der Waals surface area contributed by atoms with Gasteiger partial charge in [-0.3, -0.25) is 0 Å². The molecular weight excluding hydrogens is 391 g/mol. The number of sulfone groups is 1. The molecule has 3 fully saturated rings. The molecule has 0 bridgehead atoms. The second kappa shape index (κ2) is 9.52. The van der Waals surface area contributed by atoms with Crippen molar-refractivity contribution in [3.63, 3.8) is 0 Å². The highest BCUT2D eigenvalue weighted by atomic mass is 32.2. The number of alkyl halides is 1. The molecule has 1 saturated heterocycles. The van der Waals surface area contributed by atoms with E-state index in [-0.39, 0.29) is 29.6 Å². The largest absolute Gasteiger partial charge is 0.392 e. The third-order valence-electron chi connectivity index (χ3n) is 8.48. The van der Waals surface area contributed by atoms with Gasteiger partial charge < -0.3 is 9.84 Å². The van der Waals surface area contributed by atoms with E-state index in [1.807, 2.05) is 6.92 Å². The molecule has 0 aromatic rings. The minimum atomic E-state index is -3.33. The summed E-state index contributed by atoms with van der Waals surface area (Å²) in [5, 5.41) is 11.4. The molecule has 1 aliphatic heterocycles. The highest BCUT2D eigenvalue weighted by Crippen LogP contribution is 2.53. The van der Waals surface area contributed by atoms with Gasteiger partial charge in [-0.05, 0) is 69.1 Å². The number of fused-ring (bicyclic) bond motifs is 1. The molecule has 0 aromatic heterocycles. The molecule has 0 aromatic carbocycles. The molecule has 1 N–H and O–H groups in total. The second-order valence-electron chi connectivity index (χ2n) is 10.0. The van der Waals surface area contributed by atoms with Crippen molar-refractivity contribution in [2.45, 2.75) is 108 Å². The Labute approximate surface area is 176 Å². The van der Waals surface area contributed by atoms with Crippen LogP contribution in [-0.4, -0.2) is 50.0 Å². The maximum atomic E-state index is 14.4. The summed E-state index contributed by atoms with van der Waals surface area (Å²) in [5.41, 5.74) is -0.608. The van der Waals surface area contributed by atoms with Gasteiger partial charge in [0.15, 0.2) is 9.84 Å². The quantitative estimate of drug-likeness (QED) is 0.661. The van der Waals surface area contributed by atoms with Gasteiger partial charge in [0, 0.05) is 12.5 Å². The highest BCUT2D eigenvalue weighted by Gasteiger charge is 2.57. The average molecular weight is 433 g/mol. The normalized spacial score (nSPS) is 45.3. The number of aliphatic hydroxyl groups excluding tert-OH is 1. The van der Waals surface area contributed by atoms with Crippen LogP contribution in [0.1, 0.15) is 84.5 Å². The summed E-state index contributed by atoms with van der Waals surface area (Å²) in [6.45, 7) is 4.13. The van der Waals surface area contributed by atoms with E-state index < -0.39 is 32.8 Å². The molecule has 3 rings (SSSR count). The van der Waals surface area contributed by atoms with E-state index in [0.29, 0.717) is 32.1 Å². The Hall–Kier alpha value is -0.200. The minimum absolute atomic E-state index is 0.0377. The van der Waals surface area contributed by atoms with Crippen LogP contribution in [0.3, 0.4) is 0 Å². The molecule has 0 spiro atoms. The van der Waals surface area contributed by atoms with Crippen molar-refractivity contribution in [2.24, 2.45) is 23.2 Å². The van der Waals surface area contributed by atoms with Crippen molar-refractivity contribution in [1.82, 2.24) is 0 Å². The lowest BCUT2D eigenvalue weighted by molar-refractivity contribution is -0.0793. The molecule has 29 heavy (non-hydrogen) atoms. The third-order valence-corrected chi connectivity index (χ3v) is 11.0. The van der Waals surface area contributed by atoms with Crippen molar-refractivity contribution in [3.05, 3.63) is 0 Å². The summed E-state index contributed by atoms with van der Waals surface area (Å²) < 4.78 is 47.2. The first-order valence-corrected chi connectivity index (χ1v) is 13.6. The van der Waals surface area contributed by atoms with Crippen LogP contribution in [0.5, 0.6) is 0 Å². The van der Waals surface area contributed by atoms with Crippen molar-refractivity contribution in [2.75, 3.05) is 12.9 Å². The summed E-state index contributed by atoms with van der Waals surface area (Å²) in [7, 11) is -1.64. The molecule has 2 saturated carbocycles. The molecule has 0 amide bonds. The minimum Gasteiger partial charge on any atom is -0.392 e. The standard InChI is InChI=1S/C23H41FO4S/c1-4-6-12-23(5-2)15-29(26,27)20-11-10-18(28-3)14-19(20)21(22(23)25)16-8-7-9-17(24)13-16/h16-22,25H,4-15H2,1-3H3/t16?,17?,18?,19?,20?,21-,22-,23-/m1/s1. The number of aliphatic hydroxyl groups is 1. The van der Waals surface area contributed by atoms with E-state index in [1.165, 1.54) is 0 Å². The lowest BCUT2D eigenvalue weighted by Gasteiger charge is -2.47. The Morgan fingerprint density at radius 1 is 1.14 bits per heavy atom. The number of methoxy groups -OCH3 is 1. The van der Waals surface area contributed by atoms with Gasteiger partial charge in [0.1, 0.15) is 6.17 Å².